The van der Waals surface area contributed by atoms with Crippen LogP contribution in [0.1, 0.15) is 37.6 Å². The lowest BCUT2D eigenvalue weighted by molar-refractivity contribution is -0.209. The second-order valence-corrected chi connectivity index (χ2v) is 6.19. The smallest absolute Gasteiger partial charge is 0.338 e. The van der Waals surface area contributed by atoms with E-state index >= 15 is 0 Å². The molecule has 0 saturated carbocycles. The molecule has 2 aliphatic rings. The fraction of sp³-hybridized carbons (Fsp3) is 0.562. The van der Waals surface area contributed by atoms with Crippen molar-refractivity contribution in [1.82, 2.24) is 0 Å². The van der Waals surface area contributed by atoms with Gasteiger partial charge in [0.15, 0.2) is 12.1 Å². The standard InChI is InChI=1S/C16H20O5/c1-15(2)20-14-16(3,21-15)9-12(19-14)10-18-13(17)11-7-5-4-6-8-11/h4-8,12,14H,9-10H2,1-3H3. The van der Waals surface area contributed by atoms with E-state index in [1.807, 2.05) is 26.8 Å². The fourth-order valence-corrected chi connectivity index (χ4v) is 2.93. The molecule has 3 rings (SSSR count). The Bertz CT molecular complexity index is 527. The third-order valence-electron chi connectivity index (χ3n) is 3.73. The Morgan fingerprint density at radius 2 is 2.00 bits per heavy atom. The first-order chi connectivity index (χ1) is 9.88. The molecule has 0 aliphatic carbocycles. The third kappa shape index (κ3) is 2.95. The van der Waals surface area contributed by atoms with E-state index in [1.165, 1.54) is 0 Å². The van der Waals surface area contributed by atoms with Crippen LogP contribution in [0, 0.1) is 0 Å². The van der Waals surface area contributed by atoms with Crippen molar-refractivity contribution in [3.05, 3.63) is 35.9 Å². The zero-order valence-corrected chi connectivity index (χ0v) is 12.5. The Morgan fingerprint density at radius 3 is 2.67 bits per heavy atom. The Kier molecular flexibility index (Phi) is 3.51. The highest BCUT2D eigenvalue weighted by molar-refractivity contribution is 5.89. The van der Waals surface area contributed by atoms with Crippen molar-refractivity contribution in [2.24, 2.45) is 0 Å². The van der Waals surface area contributed by atoms with E-state index in [2.05, 4.69) is 0 Å². The van der Waals surface area contributed by atoms with Crippen molar-refractivity contribution in [3.63, 3.8) is 0 Å². The monoisotopic (exact) mass is 292 g/mol. The van der Waals surface area contributed by atoms with Crippen molar-refractivity contribution in [2.45, 2.75) is 51.0 Å². The molecule has 5 nitrogen and oxygen atoms in total. The summed E-state index contributed by atoms with van der Waals surface area (Å²) in [6.45, 7) is 5.90. The first kappa shape index (κ1) is 14.5. The van der Waals surface area contributed by atoms with Gasteiger partial charge in [0, 0.05) is 6.42 Å². The van der Waals surface area contributed by atoms with Crippen molar-refractivity contribution in [1.29, 1.82) is 0 Å². The van der Waals surface area contributed by atoms with Gasteiger partial charge in [0.05, 0.1) is 11.7 Å². The largest absolute Gasteiger partial charge is 0.459 e. The lowest BCUT2D eigenvalue weighted by Gasteiger charge is -2.23. The molecule has 1 aromatic rings. The van der Waals surface area contributed by atoms with Crippen LogP contribution in [-0.4, -0.2) is 36.4 Å². The lowest BCUT2D eigenvalue weighted by Crippen LogP contribution is -2.32. The summed E-state index contributed by atoms with van der Waals surface area (Å²) in [5.74, 6) is -0.978. The first-order valence-corrected chi connectivity index (χ1v) is 7.14. The van der Waals surface area contributed by atoms with Crippen LogP contribution >= 0.6 is 0 Å². The molecule has 2 fully saturated rings. The summed E-state index contributed by atoms with van der Waals surface area (Å²) < 4.78 is 22.7. The molecule has 2 heterocycles. The highest BCUT2D eigenvalue weighted by Gasteiger charge is 2.57. The molecule has 1 aromatic carbocycles. The van der Waals surface area contributed by atoms with E-state index < -0.39 is 17.7 Å². The number of esters is 1. The van der Waals surface area contributed by atoms with Crippen LogP contribution < -0.4 is 0 Å². The van der Waals surface area contributed by atoms with Crippen LogP contribution in [0.25, 0.3) is 0 Å². The van der Waals surface area contributed by atoms with Gasteiger partial charge in [-0.25, -0.2) is 4.79 Å². The van der Waals surface area contributed by atoms with Gasteiger partial charge >= 0.3 is 5.97 Å². The summed E-state index contributed by atoms with van der Waals surface area (Å²) in [4.78, 5) is 11.9. The van der Waals surface area contributed by atoms with Gasteiger partial charge in [-0.15, -0.1) is 0 Å². The molecule has 3 unspecified atom stereocenters. The highest BCUT2D eigenvalue weighted by atomic mass is 16.8. The molecular weight excluding hydrogens is 272 g/mol. The average Bonchev–Trinajstić information content (AvgIpc) is 2.82. The molecule has 0 bridgehead atoms. The summed E-state index contributed by atoms with van der Waals surface area (Å²) >= 11 is 0. The minimum Gasteiger partial charge on any atom is -0.459 e. The lowest BCUT2D eigenvalue weighted by atomic mass is 10.0. The molecule has 21 heavy (non-hydrogen) atoms. The van der Waals surface area contributed by atoms with Crippen LogP contribution in [0.5, 0.6) is 0 Å². The number of rotatable bonds is 3. The van der Waals surface area contributed by atoms with Gasteiger partial charge in [-0.2, -0.15) is 0 Å². The second-order valence-electron chi connectivity index (χ2n) is 6.19. The normalized spacial score (nSPS) is 33.7. The van der Waals surface area contributed by atoms with Crippen molar-refractivity contribution in [2.75, 3.05) is 6.61 Å². The van der Waals surface area contributed by atoms with Crippen LogP contribution in [0.2, 0.25) is 0 Å². The van der Waals surface area contributed by atoms with E-state index in [0.717, 1.165) is 0 Å². The molecule has 0 amide bonds. The number of benzene rings is 1. The minimum atomic E-state index is -0.634. The van der Waals surface area contributed by atoms with Gasteiger partial charge in [-0.1, -0.05) is 18.2 Å². The molecule has 0 spiro atoms. The van der Waals surface area contributed by atoms with Crippen LogP contribution in [0.4, 0.5) is 0 Å². The molecule has 2 saturated heterocycles. The zero-order valence-electron chi connectivity index (χ0n) is 12.5. The summed E-state index contributed by atoms with van der Waals surface area (Å²) in [6, 6.07) is 8.91. The summed E-state index contributed by atoms with van der Waals surface area (Å²) in [5.41, 5.74) is 0.0587. The molecular formula is C16H20O5. The SMILES string of the molecule is CC1(C)OC2OC(COC(=O)c3ccccc3)CC2(C)O1. The molecule has 0 radical (unpaired) electrons. The maximum Gasteiger partial charge on any atom is 0.338 e. The van der Waals surface area contributed by atoms with Gasteiger partial charge < -0.3 is 18.9 Å². The summed E-state index contributed by atoms with van der Waals surface area (Å²) in [6.07, 6.45) is 0.0279. The van der Waals surface area contributed by atoms with Crippen LogP contribution in [0.3, 0.4) is 0 Å². The molecule has 0 aromatic heterocycles. The number of hydrogen-bond donors (Lipinski definition) is 0. The van der Waals surface area contributed by atoms with E-state index in [0.29, 0.717) is 12.0 Å². The fourth-order valence-electron chi connectivity index (χ4n) is 2.93. The Balaban J connectivity index is 1.54. The minimum absolute atomic E-state index is 0.201. The number of hydrogen-bond acceptors (Lipinski definition) is 5. The van der Waals surface area contributed by atoms with E-state index in [-0.39, 0.29) is 18.7 Å². The number of ether oxygens (including phenoxy) is 4. The number of carbonyl (C=O) groups excluding carboxylic acids is 1. The van der Waals surface area contributed by atoms with Crippen LogP contribution in [-0.2, 0) is 18.9 Å². The van der Waals surface area contributed by atoms with Gasteiger partial charge in [0.2, 0.25) is 0 Å². The van der Waals surface area contributed by atoms with Crippen molar-refractivity contribution in [3.8, 4) is 0 Å². The van der Waals surface area contributed by atoms with E-state index in [9.17, 15) is 4.79 Å². The van der Waals surface area contributed by atoms with E-state index in [1.54, 1.807) is 24.3 Å². The van der Waals surface area contributed by atoms with Gasteiger partial charge in [-0.05, 0) is 32.9 Å². The van der Waals surface area contributed by atoms with Gasteiger partial charge in [0.25, 0.3) is 0 Å². The molecule has 114 valence electrons. The summed E-state index contributed by atoms with van der Waals surface area (Å²) in [7, 11) is 0. The topological polar surface area (TPSA) is 54.0 Å². The van der Waals surface area contributed by atoms with Crippen molar-refractivity contribution < 1.29 is 23.7 Å². The van der Waals surface area contributed by atoms with Crippen molar-refractivity contribution >= 4 is 5.97 Å². The van der Waals surface area contributed by atoms with E-state index in [4.69, 9.17) is 18.9 Å². The highest BCUT2D eigenvalue weighted by Crippen LogP contribution is 2.45. The predicted molar refractivity (Wildman–Crippen MR) is 74.7 cm³/mol. The predicted octanol–water partition coefficient (Wildman–Crippen LogP) is 2.50. The molecule has 3 atom stereocenters. The Labute approximate surface area is 124 Å². The zero-order chi connectivity index (χ0) is 15.1. The van der Waals surface area contributed by atoms with Crippen LogP contribution in [0.15, 0.2) is 30.3 Å². The molecule has 0 N–H and O–H groups in total. The maximum atomic E-state index is 11.9. The summed E-state index contributed by atoms with van der Waals surface area (Å²) in [5, 5.41) is 0. The maximum absolute atomic E-state index is 11.9. The molecule has 5 heteroatoms. The quantitative estimate of drug-likeness (QED) is 0.801. The Hall–Kier alpha value is -1.43. The second kappa shape index (κ2) is 5.09. The molecule has 2 aliphatic heterocycles. The van der Waals surface area contributed by atoms with Gasteiger partial charge in [0.1, 0.15) is 12.2 Å². The first-order valence-electron chi connectivity index (χ1n) is 7.14. The number of carbonyl (C=O) groups is 1. The third-order valence-corrected chi connectivity index (χ3v) is 3.73. The van der Waals surface area contributed by atoms with Gasteiger partial charge in [-0.3, -0.25) is 0 Å². The average molecular weight is 292 g/mol. The Morgan fingerprint density at radius 1 is 1.29 bits per heavy atom. The number of fused-ring (bicyclic) bond motifs is 1.